The van der Waals surface area contributed by atoms with E-state index >= 15 is 0 Å². The molecule has 114 valence electrons. The van der Waals surface area contributed by atoms with Crippen LogP contribution in [0.2, 0.25) is 0 Å². The summed E-state index contributed by atoms with van der Waals surface area (Å²) in [5.41, 5.74) is 6.83. The van der Waals surface area contributed by atoms with E-state index in [4.69, 9.17) is 5.73 Å². The lowest BCUT2D eigenvalue weighted by Gasteiger charge is -2.15. The molecule has 1 atom stereocenters. The lowest BCUT2D eigenvalue weighted by molar-refractivity contribution is -0.119. The highest BCUT2D eigenvalue weighted by atomic mass is 16.2. The molecule has 1 fully saturated rings. The third-order valence-corrected chi connectivity index (χ3v) is 3.84. The third-order valence-electron chi connectivity index (χ3n) is 3.84. The van der Waals surface area contributed by atoms with Crippen molar-refractivity contribution in [3.8, 4) is 0 Å². The molecular weight excluding hydrogens is 266 g/mol. The molecule has 1 heterocycles. The minimum Gasteiger partial charge on any atom is -0.339 e. The van der Waals surface area contributed by atoms with Crippen LogP contribution in [0.4, 0.5) is 5.69 Å². The zero-order valence-electron chi connectivity index (χ0n) is 12.5. The molecule has 1 aromatic rings. The highest BCUT2D eigenvalue weighted by Crippen LogP contribution is 2.16. The van der Waals surface area contributed by atoms with Crippen molar-refractivity contribution in [1.29, 1.82) is 0 Å². The van der Waals surface area contributed by atoms with E-state index in [0.717, 1.165) is 25.9 Å². The maximum atomic E-state index is 12.2. The van der Waals surface area contributed by atoms with Gasteiger partial charge in [-0.2, -0.15) is 0 Å². The van der Waals surface area contributed by atoms with E-state index < -0.39 is 0 Å². The average Bonchev–Trinajstić information content (AvgIpc) is 3.01. The number of hydrogen-bond acceptors (Lipinski definition) is 3. The number of nitrogens with one attached hydrogen (secondary N) is 1. The molecular formula is C16H23N3O2. The van der Waals surface area contributed by atoms with E-state index in [2.05, 4.69) is 5.32 Å². The number of carbonyl (C=O) groups excluding carboxylic acids is 2. The Bertz CT molecular complexity index is 493. The van der Waals surface area contributed by atoms with Crippen molar-refractivity contribution in [3.63, 3.8) is 0 Å². The van der Waals surface area contributed by atoms with Crippen LogP contribution in [-0.2, 0) is 4.79 Å². The lowest BCUT2D eigenvalue weighted by atomic mass is 10.1. The summed E-state index contributed by atoms with van der Waals surface area (Å²) in [7, 11) is 0. The van der Waals surface area contributed by atoms with Crippen LogP contribution in [0.5, 0.6) is 0 Å². The van der Waals surface area contributed by atoms with Gasteiger partial charge in [-0.05, 0) is 50.1 Å². The monoisotopic (exact) mass is 289 g/mol. The van der Waals surface area contributed by atoms with Gasteiger partial charge in [-0.1, -0.05) is 6.92 Å². The first-order valence-electron chi connectivity index (χ1n) is 7.52. The van der Waals surface area contributed by atoms with Crippen LogP contribution < -0.4 is 11.1 Å². The summed E-state index contributed by atoms with van der Waals surface area (Å²) in [6.45, 7) is 4.03. The Morgan fingerprint density at radius 2 is 1.86 bits per heavy atom. The molecule has 2 amide bonds. The molecule has 0 radical (unpaired) electrons. The maximum Gasteiger partial charge on any atom is 0.253 e. The second-order valence-electron chi connectivity index (χ2n) is 5.54. The fourth-order valence-corrected chi connectivity index (χ4v) is 2.45. The normalized spacial score (nSPS) is 15.8. The molecule has 5 heteroatoms. The first kappa shape index (κ1) is 15.5. The fourth-order valence-electron chi connectivity index (χ4n) is 2.45. The topological polar surface area (TPSA) is 75.4 Å². The molecule has 21 heavy (non-hydrogen) atoms. The van der Waals surface area contributed by atoms with Gasteiger partial charge in [0, 0.05) is 30.3 Å². The second kappa shape index (κ2) is 7.22. The van der Waals surface area contributed by atoms with Gasteiger partial charge in [-0.15, -0.1) is 0 Å². The molecule has 1 aliphatic heterocycles. The highest BCUT2D eigenvalue weighted by molar-refractivity contribution is 5.96. The Hall–Kier alpha value is -1.88. The molecule has 5 nitrogen and oxygen atoms in total. The van der Waals surface area contributed by atoms with Crippen LogP contribution in [0, 0.1) is 5.92 Å². The Morgan fingerprint density at radius 1 is 1.24 bits per heavy atom. The van der Waals surface area contributed by atoms with Crippen LogP contribution in [0.15, 0.2) is 24.3 Å². The molecule has 0 aliphatic carbocycles. The quantitative estimate of drug-likeness (QED) is 0.868. The largest absolute Gasteiger partial charge is 0.339 e. The summed E-state index contributed by atoms with van der Waals surface area (Å²) < 4.78 is 0. The summed E-state index contributed by atoms with van der Waals surface area (Å²) in [5.74, 6) is -0.0816. The Kier molecular flexibility index (Phi) is 5.33. The molecule has 1 aromatic carbocycles. The number of carbonyl (C=O) groups is 2. The van der Waals surface area contributed by atoms with Crippen molar-refractivity contribution in [3.05, 3.63) is 29.8 Å². The van der Waals surface area contributed by atoms with E-state index in [0.29, 0.717) is 24.2 Å². The number of likely N-dealkylation sites (tertiary alicyclic amines) is 1. The van der Waals surface area contributed by atoms with Crippen molar-refractivity contribution in [1.82, 2.24) is 4.90 Å². The molecule has 1 aliphatic rings. The number of rotatable bonds is 5. The number of benzene rings is 1. The van der Waals surface area contributed by atoms with E-state index in [9.17, 15) is 9.59 Å². The minimum atomic E-state index is -0.110. The molecule has 3 N–H and O–H groups in total. The Morgan fingerprint density at radius 3 is 2.43 bits per heavy atom. The molecule has 1 saturated heterocycles. The standard InChI is InChI=1S/C16H23N3O2/c1-12(8-9-17)15(20)18-14-6-4-13(5-7-14)16(21)19-10-2-3-11-19/h4-7,12H,2-3,8-11,17H2,1H3,(H,18,20). The zero-order valence-corrected chi connectivity index (χ0v) is 12.5. The SMILES string of the molecule is CC(CCN)C(=O)Nc1ccc(C(=O)N2CCCC2)cc1. The predicted molar refractivity (Wildman–Crippen MR) is 83.0 cm³/mol. The van der Waals surface area contributed by atoms with Crippen LogP contribution in [-0.4, -0.2) is 36.3 Å². The van der Waals surface area contributed by atoms with Crippen molar-refractivity contribution >= 4 is 17.5 Å². The van der Waals surface area contributed by atoms with Gasteiger partial charge < -0.3 is 16.0 Å². The minimum absolute atomic E-state index is 0.0425. The number of nitrogens with two attached hydrogens (primary N) is 1. The van der Waals surface area contributed by atoms with Gasteiger partial charge in [0.1, 0.15) is 0 Å². The number of hydrogen-bond donors (Lipinski definition) is 2. The maximum absolute atomic E-state index is 12.2. The number of anilines is 1. The van der Waals surface area contributed by atoms with Crippen LogP contribution >= 0.6 is 0 Å². The summed E-state index contributed by atoms with van der Waals surface area (Å²) in [5, 5.41) is 2.84. The highest BCUT2D eigenvalue weighted by Gasteiger charge is 2.19. The van der Waals surface area contributed by atoms with Crippen LogP contribution in [0.1, 0.15) is 36.5 Å². The first-order valence-corrected chi connectivity index (χ1v) is 7.52. The predicted octanol–water partition coefficient (Wildman–Crippen LogP) is 1.85. The third kappa shape index (κ3) is 4.04. The summed E-state index contributed by atoms with van der Waals surface area (Å²) in [6, 6.07) is 7.08. The van der Waals surface area contributed by atoms with Crippen LogP contribution in [0.25, 0.3) is 0 Å². The Labute approximate surface area is 125 Å². The summed E-state index contributed by atoms with van der Waals surface area (Å²) in [6.07, 6.45) is 2.83. The van der Waals surface area contributed by atoms with Gasteiger partial charge in [0.05, 0.1) is 0 Å². The van der Waals surface area contributed by atoms with Gasteiger partial charge in [0.25, 0.3) is 5.91 Å². The van der Waals surface area contributed by atoms with E-state index in [1.807, 2.05) is 11.8 Å². The van der Waals surface area contributed by atoms with Crippen molar-refractivity contribution in [2.24, 2.45) is 11.7 Å². The van der Waals surface area contributed by atoms with Crippen LogP contribution in [0.3, 0.4) is 0 Å². The van der Waals surface area contributed by atoms with Crippen molar-refractivity contribution in [2.45, 2.75) is 26.2 Å². The van der Waals surface area contributed by atoms with Crippen molar-refractivity contribution in [2.75, 3.05) is 25.0 Å². The van der Waals surface area contributed by atoms with E-state index in [1.165, 1.54) is 0 Å². The molecule has 2 rings (SSSR count). The lowest BCUT2D eigenvalue weighted by Crippen LogP contribution is -2.27. The van der Waals surface area contributed by atoms with Gasteiger partial charge >= 0.3 is 0 Å². The average molecular weight is 289 g/mol. The van der Waals surface area contributed by atoms with E-state index in [1.54, 1.807) is 24.3 Å². The summed E-state index contributed by atoms with van der Waals surface area (Å²) in [4.78, 5) is 26.0. The zero-order chi connectivity index (χ0) is 15.2. The molecule has 0 aromatic heterocycles. The smallest absolute Gasteiger partial charge is 0.253 e. The molecule has 0 spiro atoms. The van der Waals surface area contributed by atoms with Gasteiger partial charge in [-0.3, -0.25) is 9.59 Å². The Balaban J connectivity index is 1.95. The second-order valence-corrected chi connectivity index (χ2v) is 5.54. The fraction of sp³-hybridized carbons (Fsp3) is 0.500. The molecule has 0 saturated carbocycles. The van der Waals surface area contributed by atoms with Gasteiger partial charge in [0.15, 0.2) is 0 Å². The van der Waals surface area contributed by atoms with E-state index in [-0.39, 0.29) is 17.7 Å². The first-order chi connectivity index (χ1) is 10.1. The number of nitrogens with zero attached hydrogens (tertiary/aromatic N) is 1. The van der Waals surface area contributed by atoms with Gasteiger partial charge in [0.2, 0.25) is 5.91 Å². The number of amides is 2. The molecule has 0 bridgehead atoms. The molecule has 1 unspecified atom stereocenters. The summed E-state index contributed by atoms with van der Waals surface area (Å²) >= 11 is 0. The van der Waals surface area contributed by atoms with Crippen molar-refractivity contribution < 1.29 is 9.59 Å². The van der Waals surface area contributed by atoms with Gasteiger partial charge in [-0.25, -0.2) is 0 Å².